The van der Waals surface area contributed by atoms with E-state index in [9.17, 15) is 9.59 Å². The maximum absolute atomic E-state index is 12.8. The molecule has 0 spiro atoms. The molecular formula is C27H24O6. The van der Waals surface area contributed by atoms with Crippen molar-refractivity contribution in [1.82, 2.24) is 0 Å². The van der Waals surface area contributed by atoms with Crippen molar-refractivity contribution in [1.29, 1.82) is 0 Å². The molecule has 168 valence electrons. The van der Waals surface area contributed by atoms with Crippen LogP contribution in [0.2, 0.25) is 0 Å². The van der Waals surface area contributed by atoms with E-state index in [1.54, 1.807) is 44.4 Å². The number of ketones is 1. The van der Waals surface area contributed by atoms with Gasteiger partial charge in [-0.15, -0.1) is 0 Å². The summed E-state index contributed by atoms with van der Waals surface area (Å²) >= 11 is 0. The molecule has 0 amide bonds. The van der Waals surface area contributed by atoms with Crippen molar-refractivity contribution in [3.63, 3.8) is 0 Å². The third-order valence-electron chi connectivity index (χ3n) is 5.26. The number of methoxy groups -OCH3 is 1. The molecule has 3 aromatic rings. The van der Waals surface area contributed by atoms with Crippen LogP contribution in [0.3, 0.4) is 0 Å². The third-order valence-corrected chi connectivity index (χ3v) is 5.26. The Labute approximate surface area is 192 Å². The lowest BCUT2D eigenvalue weighted by molar-refractivity contribution is -0.133. The number of hydrogen-bond donors (Lipinski definition) is 0. The predicted octanol–water partition coefficient (Wildman–Crippen LogP) is 5.17. The number of benzene rings is 3. The number of allylic oxidation sites excluding steroid dienone is 1. The number of carbonyl (C=O) groups is 2. The van der Waals surface area contributed by atoms with E-state index in [-0.39, 0.29) is 18.0 Å². The van der Waals surface area contributed by atoms with Crippen LogP contribution in [0.25, 0.3) is 6.08 Å². The minimum atomic E-state index is -0.405. The minimum Gasteiger partial charge on any atom is -0.497 e. The second-order valence-electron chi connectivity index (χ2n) is 7.51. The second kappa shape index (κ2) is 9.61. The van der Waals surface area contributed by atoms with E-state index in [4.69, 9.17) is 18.9 Å². The number of Topliss-reactive ketones (excluding diaryl/α,β-unsaturated/α-hetero) is 1. The highest BCUT2D eigenvalue weighted by molar-refractivity contribution is 6.15. The Balaban J connectivity index is 1.48. The van der Waals surface area contributed by atoms with E-state index >= 15 is 0 Å². The van der Waals surface area contributed by atoms with Crippen molar-refractivity contribution >= 4 is 17.8 Å². The molecule has 1 aliphatic heterocycles. The van der Waals surface area contributed by atoms with E-state index in [2.05, 4.69) is 0 Å². The summed E-state index contributed by atoms with van der Waals surface area (Å²) in [5.74, 6) is 1.86. The Kier molecular flexibility index (Phi) is 6.45. The van der Waals surface area contributed by atoms with Crippen LogP contribution in [-0.2, 0) is 11.2 Å². The average molecular weight is 444 g/mol. The molecule has 0 radical (unpaired) electrons. The number of ether oxygens (including phenoxy) is 4. The molecular weight excluding hydrogens is 420 g/mol. The van der Waals surface area contributed by atoms with Gasteiger partial charge in [0.2, 0.25) is 5.78 Å². The van der Waals surface area contributed by atoms with Crippen molar-refractivity contribution in [3.8, 4) is 23.0 Å². The second-order valence-corrected chi connectivity index (χ2v) is 7.51. The van der Waals surface area contributed by atoms with E-state index in [1.165, 1.54) is 0 Å². The maximum Gasteiger partial charge on any atom is 0.315 e. The molecule has 0 fully saturated rings. The first-order valence-corrected chi connectivity index (χ1v) is 10.6. The van der Waals surface area contributed by atoms with Crippen molar-refractivity contribution in [2.75, 3.05) is 13.7 Å². The first-order valence-electron chi connectivity index (χ1n) is 10.6. The summed E-state index contributed by atoms with van der Waals surface area (Å²) in [5, 5.41) is 0. The normalized spacial score (nSPS) is 13.4. The highest BCUT2D eigenvalue weighted by Gasteiger charge is 2.30. The smallest absolute Gasteiger partial charge is 0.315 e. The molecule has 1 aliphatic rings. The zero-order valence-corrected chi connectivity index (χ0v) is 18.7. The van der Waals surface area contributed by atoms with Crippen molar-refractivity contribution in [2.45, 2.75) is 20.3 Å². The minimum absolute atomic E-state index is 0.114. The summed E-state index contributed by atoms with van der Waals surface area (Å²) in [6.45, 7) is 4.27. The van der Waals surface area contributed by atoms with Gasteiger partial charge in [-0.3, -0.25) is 9.59 Å². The number of esters is 1. The van der Waals surface area contributed by atoms with Gasteiger partial charge in [-0.1, -0.05) is 24.3 Å². The third kappa shape index (κ3) is 4.90. The molecule has 4 rings (SSSR count). The fourth-order valence-corrected chi connectivity index (χ4v) is 3.53. The molecule has 0 aliphatic carbocycles. The molecule has 0 bridgehead atoms. The first kappa shape index (κ1) is 22.1. The van der Waals surface area contributed by atoms with Crippen LogP contribution in [0.5, 0.6) is 23.0 Å². The summed E-state index contributed by atoms with van der Waals surface area (Å²) in [6, 6.07) is 17.9. The zero-order chi connectivity index (χ0) is 23.4. The summed E-state index contributed by atoms with van der Waals surface area (Å²) in [7, 11) is 1.59. The Morgan fingerprint density at radius 3 is 2.33 bits per heavy atom. The molecule has 0 aromatic heterocycles. The molecule has 6 nitrogen and oxygen atoms in total. The van der Waals surface area contributed by atoms with Crippen LogP contribution in [0.4, 0.5) is 0 Å². The molecule has 0 atom stereocenters. The number of fused-ring (bicyclic) bond motifs is 1. The van der Waals surface area contributed by atoms with Crippen molar-refractivity contribution < 1.29 is 28.5 Å². The van der Waals surface area contributed by atoms with Gasteiger partial charge in [-0.2, -0.15) is 0 Å². The van der Waals surface area contributed by atoms with Crippen LogP contribution in [0.15, 0.2) is 66.4 Å². The van der Waals surface area contributed by atoms with Crippen LogP contribution >= 0.6 is 0 Å². The quantitative estimate of drug-likeness (QED) is 0.285. The molecule has 0 N–H and O–H groups in total. The van der Waals surface area contributed by atoms with E-state index in [0.717, 1.165) is 22.6 Å². The molecule has 6 heteroatoms. The van der Waals surface area contributed by atoms with Crippen molar-refractivity contribution in [2.24, 2.45) is 0 Å². The first-order chi connectivity index (χ1) is 16.0. The largest absolute Gasteiger partial charge is 0.497 e. The topological polar surface area (TPSA) is 71.1 Å². The SMILES string of the molecule is CCOc1ccc(/C=C2\Oc3c(ccc(OC(=O)Cc4ccc(OC)cc4)c3C)C2=O)cc1. The van der Waals surface area contributed by atoms with E-state index in [0.29, 0.717) is 29.2 Å². The average Bonchev–Trinajstić information content (AvgIpc) is 3.13. The molecule has 0 saturated carbocycles. The van der Waals surface area contributed by atoms with Crippen molar-refractivity contribution in [3.05, 3.63) is 88.7 Å². The zero-order valence-electron chi connectivity index (χ0n) is 18.7. The fraction of sp³-hybridized carbons (Fsp3) is 0.185. The van der Waals surface area contributed by atoms with Gasteiger partial charge < -0.3 is 18.9 Å². The Hall–Kier alpha value is -4.06. The Morgan fingerprint density at radius 2 is 1.67 bits per heavy atom. The van der Waals surface area contributed by atoms with Crippen LogP contribution in [0.1, 0.15) is 34.0 Å². The standard InChI is InChI=1S/C27H24O6/c1-4-31-21-11-7-18(8-12-21)15-24-26(29)22-13-14-23(17(2)27(22)33-24)32-25(28)16-19-5-9-20(30-3)10-6-19/h5-15H,4,16H2,1-3H3/b24-15-. The Morgan fingerprint density at radius 1 is 0.970 bits per heavy atom. The van der Waals surface area contributed by atoms with E-state index < -0.39 is 5.97 Å². The maximum atomic E-state index is 12.8. The predicted molar refractivity (Wildman–Crippen MR) is 124 cm³/mol. The number of hydrogen-bond acceptors (Lipinski definition) is 6. The molecule has 1 heterocycles. The molecule has 0 saturated heterocycles. The summed E-state index contributed by atoms with van der Waals surface area (Å²) < 4.78 is 22.0. The van der Waals surface area contributed by atoms with Gasteiger partial charge in [-0.05, 0) is 67.4 Å². The lowest BCUT2D eigenvalue weighted by atomic mass is 10.1. The van der Waals surface area contributed by atoms with Gasteiger partial charge >= 0.3 is 5.97 Å². The highest BCUT2D eigenvalue weighted by atomic mass is 16.5. The number of rotatable bonds is 7. The van der Waals surface area contributed by atoms with Gasteiger partial charge in [0.25, 0.3) is 0 Å². The highest BCUT2D eigenvalue weighted by Crippen LogP contribution is 2.39. The molecule has 33 heavy (non-hydrogen) atoms. The van der Waals surface area contributed by atoms with E-state index in [1.807, 2.05) is 43.3 Å². The van der Waals surface area contributed by atoms with Gasteiger partial charge in [-0.25, -0.2) is 0 Å². The lowest BCUT2D eigenvalue weighted by Crippen LogP contribution is -2.12. The van der Waals surface area contributed by atoms with Crippen LogP contribution < -0.4 is 18.9 Å². The summed E-state index contributed by atoms with van der Waals surface area (Å²) in [5.41, 5.74) is 2.67. The van der Waals surface area contributed by atoms with Gasteiger partial charge in [0.05, 0.1) is 25.7 Å². The molecule has 0 unspecified atom stereocenters. The summed E-state index contributed by atoms with van der Waals surface area (Å²) in [4.78, 5) is 25.3. The van der Waals surface area contributed by atoms with Gasteiger partial charge in [0.1, 0.15) is 23.0 Å². The van der Waals surface area contributed by atoms with Crippen LogP contribution in [-0.4, -0.2) is 25.5 Å². The fourth-order valence-electron chi connectivity index (χ4n) is 3.53. The van der Waals surface area contributed by atoms with Gasteiger partial charge in [0.15, 0.2) is 5.76 Å². The van der Waals surface area contributed by atoms with Crippen LogP contribution in [0, 0.1) is 6.92 Å². The van der Waals surface area contributed by atoms with Gasteiger partial charge in [0, 0.05) is 5.56 Å². The summed E-state index contributed by atoms with van der Waals surface area (Å²) in [6.07, 6.45) is 1.80. The molecule has 3 aromatic carbocycles. The monoisotopic (exact) mass is 444 g/mol. The lowest BCUT2D eigenvalue weighted by Gasteiger charge is -2.10. The number of carbonyl (C=O) groups excluding carboxylic acids is 2. The Bertz CT molecular complexity index is 1210.